The molecule has 0 radical (unpaired) electrons. The summed E-state index contributed by atoms with van der Waals surface area (Å²) in [6.07, 6.45) is 8.76. The van der Waals surface area contributed by atoms with Gasteiger partial charge < -0.3 is 4.90 Å². The maximum Gasteiger partial charge on any atom is 0.246 e. The highest BCUT2D eigenvalue weighted by Crippen LogP contribution is 2.69. The lowest BCUT2D eigenvalue weighted by Crippen LogP contribution is -2.59. The number of amides is 1. The van der Waals surface area contributed by atoms with E-state index in [1.807, 2.05) is 26.2 Å². The van der Waals surface area contributed by atoms with Gasteiger partial charge in [0, 0.05) is 19.8 Å². The highest BCUT2D eigenvalue weighted by molar-refractivity contribution is 5.86. The molecule has 4 bridgehead atoms. The fraction of sp³-hybridized carbons (Fsp3) is 0.636. The van der Waals surface area contributed by atoms with Crippen molar-refractivity contribution in [2.75, 3.05) is 19.0 Å². The van der Waals surface area contributed by atoms with Crippen LogP contribution in [-0.4, -0.2) is 26.2 Å². The van der Waals surface area contributed by atoms with Crippen LogP contribution in [0.1, 0.15) is 57.9 Å². The van der Waals surface area contributed by atoms with Crippen LogP contribution >= 0.6 is 0 Å². The predicted octanol–water partition coefficient (Wildman–Crippen LogP) is 4.20. The zero-order valence-electron chi connectivity index (χ0n) is 16.5. The van der Waals surface area contributed by atoms with Gasteiger partial charge in [-0.2, -0.15) is 5.10 Å². The van der Waals surface area contributed by atoms with Crippen LogP contribution in [0.2, 0.25) is 0 Å². The summed E-state index contributed by atoms with van der Waals surface area (Å²) in [6.45, 7) is 4.79. The largest absolute Gasteiger partial charge is 0.378 e. The van der Waals surface area contributed by atoms with Gasteiger partial charge in [0.05, 0.1) is 11.6 Å². The summed E-state index contributed by atoms with van der Waals surface area (Å²) in [6, 6.07) is 8.17. The van der Waals surface area contributed by atoms with Gasteiger partial charge in [0.15, 0.2) is 0 Å². The van der Waals surface area contributed by atoms with E-state index in [0.717, 1.165) is 36.4 Å². The standard InChI is InChI=1S/C22H31N3O/c1-20-9-17-10-21(2,13-20)15-22(11-17,14-20)19(26)24-23-12-16-5-7-18(8-6-16)25(3)4/h5-8,12,17H,9-11,13-15H2,1-4H3,(H,24,26). The summed E-state index contributed by atoms with van der Waals surface area (Å²) < 4.78 is 0. The minimum absolute atomic E-state index is 0.139. The Bertz CT molecular complexity index is 718. The second-order valence-electron chi connectivity index (χ2n) is 10.1. The Hall–Kier alpha value is -1.84. The topological polar surface area (TPSA) is 44.7 Å². The molecule has 5 rings (SSSR count). The van der Waals surface area contributed by atoms with Crippen molar-refractivity contribution in [3.63, 3.8) is 0 Å². The SMILES string of the molecule is CN(C)c1ccc(C=NNC(=O)C23CC4CC(C)(CC(C)(C4)C2)C3)cc1. The van der Waals surface area contributed by atoms with E-state index in [4.69, 9.17) is 0 Å². The quantitative estimate of drug-likeness (QED) is 0.651. The van der Waals surface area contributed by atoms with Crippen molar-refractivity contribution in [3.05, 3.63) is 29.8 Å². The van der Waals surface area contributed by atoms with Crippen molar-refractivity contribution >= 4 is 17.8 Å². The van der Waals surface area contributed by atoms with E-state index >= 15 is 0 Å². The number of nitrogens with one attached hydrogen (secondary N) is 1. The van der Waals surface area contributed by atoms with Crippen molar-refractivity contribution in [3.8, 4) is 0 Å². The fourth-order valence-corrected chi connectivity index (χ4v) is 6.84. The van der Waals surface area contributed by atoms with Crippen LogP contribution in [0.25, 0.3) is 0 Å². The van der Waals surface area contributed by atoms with E-state index in [1.54, 1.807) is 6.21 Å². The molecule has 0 aromatic heterocycles. The number of carbonyl (C=O) groups excluding carboxylic acids is 1. The van der Waals surface area contributed by atoms with Crippen molar-refractivity contribution in [1.82, 2.24) is 5.43 Å². The van der Waals surface area contributed by atoms with Gasteiger partial charge in [0.1, 0.15) is 0 Å². The average Bonchev–Trinajstić information content (AvgIpc) is 2.51. The van der Waals surface area contributed by atoms with Crippen LogP contribution in [-0.2, 0) is 4.79 Å². The van der Waals surface area contributed by atoms with Gasteiger partial charge in [0.25, 0.3) is 0 Å². The number of nitrogens with zero attached hydrogens (tertiary/aromatic N) is 2. The van der Waals surface area contributed by atoms with Gasteiger partial charge in [-0.15, -0.1) is 0 Å². The molecule has 0 spiro atoms. The summed E-state index contributed by atoms with van der Waals surface area (Å²) >= 11 is 0. The van der Waals surface area contributed by atoms with E-state index in [1.165, 1.54) is 19.3 Å². The van der Waals surface area contributed by atoms with Gasteiger partial charge in [0.2, 0.25) is 5.91 Å². The molecule has 4 heteroatoms. The molecule has 1 aromatic carbocycles. The molecule has 0 saturated heterocycles. The normalized spacial score (nSPS) is 37.9. The van der Waals surface area contributed by atoms with E-state index in [9.17, 15) is 4.79 Å². The maximum absolute atomic E-state index is 13.1. The molecule has 4 fully saturated rings. The first kappa shape index (κ1) is 17.6. The van der Waals surface area contributed by atoms with Crippen LogP contribution in [0.4, 0.5) is 5.69 Å². The summed E-state index contributed by atoms with van der Waals surface area (Å²) in [5.74, 6) is 0.856. The van der Waals surface area contributed by atoms with Crippen molar-refractivity contribution in [2.45, 2.75) is 52.4 Å². The van der Waals surface area contributed by atoms with Crippen LogP contribution < -0.4 is 10.3 Å². The first-order valence-electron chi connectivity index (χ1n) is 9.82. The highest BCUT2D eigenvalue weighted by Gasteiger charge is 2.62. The molecule has 4 aliphatic carbocycles. The van der Waals surface area contributed by atoms with Crippen molar-refractivity contribution < 1.29 is 4.79 Å². The third kappa shape index (κ3) is 3.04. The average molecular weight is 354 g/mol. The van der Waals surface area contributed by atoms with Gasteiger partial charge in [-0.25, -0.2) is 5.43 Å². The lowest BCUT2D eigenvalue weighted by molar-refractivity contribution is -0.170. The summed E-state index contributed by atoms with van der Waals surface area (Å²) in [4.78, 5) is 15.1. The van der Waals surface area contributed by atoms with Crippen molar-refractivity contribution in [2.24, 2.45) is 27.3 Å². The molecule has 2 unspecified atom stereocenters. The minimum atomic E-state index is -0.199. The molecule has 4 aliphatic rings. The Labute approximate surface area is 157 Å². The van der Waals surface area contributed by atoms with E-state index < -0.39 is 0 Å². The molecule has 1 aromatic rings. The minimum Gasteiger partial charge on any atom is -0.378 e. The van der Waals surface area contributed by atoms with Crippen molar-refractivity contribution in [1.29, 1.82) is 0 Å². The number of hydrogen-bond acceptors (Lipinski definition) is 3. The first-order chi connectivity index (χ1) is 12.2. The van der Waals surface area contributed by atoms with Gasteiger partial charge in [-0.3, -0.25) is 4.79 Å². The second-order valence-corrected chi connectivity index (χ2v) is 10.1. The Kier molecular flexibility index (Phi) is 3.94. The lowest BCUT2D eigenvalue weighted by atomic mass is 9.40. The molecule has 0 aliphatic heterocycles. The van der Waals surface area contributed by atoms with E-state index in [2.05, 4.69) is 41.4 Å². The molecule has 2 atom stereocenters. The van der Waals surface area contributed by atoms with Crippen LogP contribution in [0.15, 0.2) is 29.4 Å². The fourth-order valence-electron chi connectivity index (χ4n) is 6.84. The third-order valence-electron chi connectivity index (χ3n) is 6.90. The van der Waals surface area contributed by atoms with Crippen LogP contribution in [0, 0.1) is 22.2 Å². The highest BCUT2D eigenvalue weighted by atomic mass is 16.2. The van der Waals surface area contributed by atoms with Gasteiger partial charge in [-0.05, 0) is 73.0 Å². The molecule has 26 heavy (non-hydrogen) atoms. The lowest BCUT2D eigenvalue weighted by Gasteiger charge is -2.64. The number of carbonyl (C=O) groups is 1. The first-order valence-corrected chi connectivity index (χ1v) is 9.82. The Morgan fingerprint density at radius 1 is 1.08 bits per heavy atom. The molecule has 1 amide bonds. The summed E-state index contributed by atoms with van der Waals surface area (Å²) in [7, 11) is 4.05. The Morgan fingerprint density at radius 3 is 2.23 bits per heavy atom. The summed E-state index contributed by atoms with van der Waals surface area (Å²) in [5, 5.41) is 4.28. The van der Waals surface area contributed by atoms with Crippen LogP contribution in [0.5, 0.6) is 0 Å². The zero-order chi connectivity index (χ0) is 18.6. The predicted molar refractivity (Wildman–Crippen MR) is 106 cm³/mol. The smallest absolute Gasteiger partial charge is 0.246 e. The molecular weight excluding hydrogens is 322 g/mol. The van der Waals surface area contributed by atoms with Gasteiger partial charge >= 0.3 is 0 Å². The molecule has 0 heterocycles. The number of benzene rings is 1. The molecule has 4 nitrogen and oxygen atoms in total. The maximum atomic E-state index is 13.1. The summed E-state index contributed by atoms with van der Waals surface area (Å²) in [5.41, 5.74) is 5.52. The number of hydrogen-bond donors (Lipinski definition) is 1. The second kappa shape index (κ2) is 5.83. The number of hydrazone groups is 1. The Morgan fingerprint density at radius 2 is 1.69 bits per heavy atom. The van der Waals surface area contributed by atoms with E-state index in [0.29, 0.717) is 10.8 Å². The number of rotatable bonds is 4. The Balaban J connectivity index is 1.45. The van der Waals surface area contributed by atoms with Gasteiger partial charge in [-0.1, -0.05) is 26.0 Å². The number of anilines is 1. The zero-order valence-corrected chi connectivity index (χ0v) is 16.5. The monoisotopic (exact) mass is 353 g/mol. The molecular formula is C22H31N3O. The van der Waals surface area contributed by atoms with Crippen LogP contribution in [0.3, 0.4) is 0 Å². The molecule has 140 valence electrons. The van der Waals surface area contributed by atoms with E-state index in [-0.39, 0.29) is 11.3 Å². The molecule has 1 N–H and O–H groups in total. The third-order valence-corrected chi connectivity index (χ3v) is 6.90. The molecule has 4 saturated carbocycles.